The molecule has 0 saturated heterocycles. The molecule has 20 heavy (non-hydrogen) atoms. The third-order valence-electron chi connectivity index (χ3n) is 2.56. The zero-order chi connectivity index (χ0) is 14.5. The molecule has 6 heteroatoms. The molecule has 1 amide bonds. The number of amides is 1. The molecule has 0 aliphatic carbocycles. The van der Waals surface area contributed by atoms with Crippen LogP contribution in [0.3, 0.4) is 0 Å². The number of carbonyl (C=O) groups excluding carboxylic acids is 2. The molecular formula is C14H13BrN2O3. The van der Waals surface area contributed by atoms with Crippen molar-refractivity contribution in [3.8, 4) is 0 Å². The molecule has 2 N–H and O–H groups in total. The molecule has 104 valence electrons. The lowest BCUT2D eigenvalue weighted by Gasteiger charge is -2.12. The van der Waals surface area contributed by atoms with E-state index in [9.17, 15) is 9.59 Å². The zero-order valence-corrected chi connectivity index (χ0v) is 12.3. The fraction of sp³-hybridized carbons (Fsp3) is 0.143. The fourth-order valence-corrected chi connectivity index (χ4v) is 1.87. The van der Waals surface area contributed by atoms with Gasteiger partial charge in [-0.05, 0) is 41.1 Å². The van der Waals surface area contributed by atoms with Crippen LogP contribution in [0.15, 0.2) is 47.1 Å². The Morgan fingerprint density at radius 3 is 2.60 bits per heavy atom. The standard InChI is InChI=1S/C14H13BrN2O3/c1-9(13(18)17-11-5-3-2-4-6-11)20-14(19)12-7-10(15)8-16-12/h2-9,16H,1H3,(H,17,18)/t9-/m1/s1. The Morgan fingerprint density at radius 1 is 1.30 bits per heavy atom. The molecule has 0 aliphatic rings. The van der Waals surface area contributed by atoms with E-state index in [0.29, 0.717) is 5.69 Å². The van der Waals surface area contributed by atoms with Gasteiger partial charge in [0.25, 0.3) is 5.91 Å². The van der Waals surface area contributed by atoms with Gasteiger partial charge < -0.3 is 15.0 Å². The molecule has 0 radical (unpaired) electrons. The lowest BCUT2D eigenvalue weighted by Crippen LogP contribution is -2.30. The molecule has 1 heterocycles. The van der Waals surface area contributed by atoms with Crippen molar-refractivity contribution in [2.75, 3.05) is 5.32 Å². The summed E-state index contributed by atoms with van der Waals surface area (Å²) >= 11 is 3.22. The van der Waals surface area contributed by atoms with Crippen LogP contribution in [-0.4, -0.2) is 23.0 Å². The maximum atomic E-state index is 11.9. The van der Waals surface area contributed by atoms with Gasteiger partial charge in [0.1, 0.15) is 5.69 Å². The summed E-state index contributed by atoms with van der Waals surface area (Å²) in [6.45, 7) is 1.52. The highest BCUT2D eigenvalue weighted by Gasteiger charge is 2.19. The van der Waals surface area contributed by atoms with Gasteiger partial charge in [-0.15, -0.1) is 0 Å². The van der Waals surface area contributed by atoms with E-state index >= 15 is 0 Å². The Labute approximate surface area is 124 Å². The van der Waals surface area contributed by atoms with E-state index in [1.54, 1.807) is 24.4 Å². The van der Waals surface area contributed by atoms with Gasteiger partial charge in [0.15, 0.2) is 6.10 Å². The number of ether oxygens (including phenoxy) is 1. The number of hydrogen-bond donors (Lipinski definition) is 2. The summed E-state index contributed by atoms with van der Waals surface area (Å²) in [4.78, 5) is 26.4. The predicted octanol–water partition coefficient (Wildman–Crippen LogP) is 2.96. The number of H-pyrrole nitrogens is 1. The van der Waals surface area contributed by atoms with Crippen LogP contribution in [0, 0.1) is 0 Å². The average Bonchev–Trinajstić information content (AvgIpc) is 2.86. The van der Waals surface area contributed by atoms with Crippen LogP contribution >= 0.6 is 15.9 Å². The van der Waals surface area contributed by atoms with Crippen LogP contribution in [-0.2, 0) is 9.53 Å². The van der Waals surface area contributed by atoms with Gasteiger partial charge in [-0.2, -0.15) is 0 Å². The van der Waals surface area contributed by atoms with Crippen LogP contribution in [0.5, 0.6) is 0 Å². The number of anilines is 1. The highest BCUT2D eigenvalue weighted by molar-refractivity contribution is 9.10. The largest absolute Gasteiger partial charge is 0.448 e. The van der Waals surface area contributed by atoms with Crippen LogP contribution in [0.2, 0.25) is 0 Å². The number of esters is 1. The van der Waals surface area contributed by atoms with E-state index < -0.39 is 12.1 Å². The number of nitrogens with one attached hydrogen (secondary N) is 2. The quantitative estimate of drug-likeness (QED) is 0.843. The van der Waals surface area contributed by atoms with Crippen LogP contribution in [0.1, 0.15) is 17.4 Å². The van der Waals surface area contributed by atoms with E-state index in [1.165, 1.54) is 6.92 Å². The maximum Gasteiger partial charge on any atom is 0.355 e. The molecule has 0 fully saturated rings. The molecule has 1 aromatic heterocycles. The van der Waals surface area contributed by atoms with E-state index in [1.807, 2.05) is 18.2 Å². The minimum Gasteiger partial charge on any atom is -0.448 e. The second-order valence-corrected chi connectivity index (χ2v) is 5.05. The van der Waals surface area contributed by atoms with E-state index in [2.05, 4.69) is 26.2 Å². The number of benzene rings is 1. The highest BCUT2D eigenvalue weighted by atomic mass is 79.9. The number of para-hydroxylation sites is 1. The molecule has 0 unspecified atom stereocenters. The average molecular weight is 337 g/mol. The van der Waals surface area contributed by atoms with Crippen LogP contribution in [0.25, 0.3) is 0 Å². The number of aromatic amines is 1. The van der Waals surface area contributed by atoms with E-state index in [4.69, 9.17) is 4.74 Å². The Balaban J connectivity index is 1.93. The van der Waals surface area contributed by atoms with Gasteiger partial charge in [-0.1, -0.05) is 18.2 Å². The maximum absolute atomic E-state index is 11.9. The van der Waals surface area contributed by atoms with Crippen molar-refractivity contribution in [2.24, 2.45) is 0 Å². The van der Waals surface area contributed by atoms with Gasteiger partial charge >= 0.3 is 5.97 Å². The summed E-state index contributed by atoms with van der Waals surface area (Å²) in [5.74, 6) is -0.957. The van der Waals surface area contributed by atoms with Crippen molar-refractivity contribution < 1.29 is 14.3 Å². The summed E-state index contributed by atoms with van der Waals surface area (Å²) in [5, 5.41) is 2.67. The number of aromatic nitrogens is 1. The Hall–Kier alpha value is -2.08. The third kappa shape index (κ3) is 3.71. The second-order valence-electron chi connectivity index (χ2n) is 4.13. The van der Waals surface area contributed by atoms with Crippen LogP contribution in [0.4, 0.5) is 5.69 Å². The smallest absolute Gasteiger partial charge is 0.355 e. The van der Waals surface area contributed by atoms with Gasteiger partial charge in [0.2, 0.25) is 0 Å². The first-order valence-electron chi connectivity index (χ1n) is 5.97. The molecule has 1 atom stereocenters. The first-order valence-corrected chi connectivity index (χ1v) is 6.76. The summed E-state index contributed by atoms with van der Waals surface area (Å²) in [5.41, 5.74) is 0.944. The molecular weight excluding hydrogens is 324 g/mol. The number of carbonyl (C=O) groups is 2. The van der Waals surface area contributed by atoms with Gasteiger partial charge in [0, 0.05) is 16.4 Å². The summed E-state index contributed by atoms with van der Waals surface area (Å²) in [6, 6.07) is 10.6. The fourth-order valence-electron chi connectivity index (χ4n) is 1.53. The lowest BCUT2D eigenvalue weighted by atomic mass is 10.3. The van der Waals surface area contributed by atoms with E-state index in [0.717, 1.165) is 4.47 Å². The minimum atomic E-state index is -0.884. The van der Waals surface area contributed by atoms with Crippen LogP contribution < -0.4 is 5.32 Å². The van der Waals surface area contributed by atoms with Gasteiger partial charge in [-0.25, -0.2) is 4.79 Å². The summed E-state index contributed by atoms with van der Waals surface area (Å²) in [6.07, 6.45) is 0.732. The predicted molar refractivity (Wildman–Crippen MR) is 78.4 cm³/mol. The summed E-state index contributed by atoms with van der Waals surface area (Å²) in [7, 11) is 0. The highest BCUT2D eigenvalue weighted by Crippen LogP contribution is 2.13. The molecule has 2 rings (SSSR count). The van der Waals surface area contributed by atoms with E-state index in [-0.39, 0.29) is 11.6 Å². The second kappa shape index (κ2) is 6.38. The zero-order valence-electron chi connectivity index (χ0n) is 10.7. The monoisotopic (exact) mass is 336 g/mol. The van der Waals surface area contributed by atoms with Crippen molar-refractivity contribution >= 4 is 33.5 Å². The Morgan fingerprint density at radius 2 is 2.00 bits per heavy atom. The topological polar surface area (TPSA) is 71.2 Å². The molecule has 2 aromatic rings. The molecule has 1 aromatic carbocycles. The molecule has 0 bridgehead atoms. The summed E-state index contributed by atoms with van der Waals surface area (Å²) < 4.78 is 5.82. The first-order chi connectivity index (χ1) is 9.56. The minimum absolute atomic E-state index is 0.288. The lowest BCUT2D eigenvalue weighted by molar-refractivity contribution is -0.123. The molecule has 0 saturated carbocycles. The molecule has 0 aliphatic heterocycles. The SMILES string of the molecule is C[C@@H](OC(=O)c1cc(Br)c[nH]1)C(=O)Nc1ccccc1. The number of rotatable bonds is 4. The molecule has 0 spiro atoms. The number of halogens is 1. The van der Waals surface area contributed by atoms with Gasteiger partial charge in [-0.3, -0.25) is 4.79 Å². The van der Waals surface area contributed by atoms with Crippen molar-refractivity contribution in [1.29, 1.82) is 0 Å². The van der Waals surface area contributed by atoms with Crippen molar-refractivity contribution in [3.63, 3.8) is 0 Å². The third-order valence-corrected chi connectivity index (χ3v) is 3.02. The Bertz CT molecular complexity index is 610. The number of hydrogen-bond acceptors (Lipinski definition) is 3. The normalized spacial score (nSPS) is 11.7. The molecule has 5 nitrogen and oxygen atoms in total. The first kappa shape index (κ1) is 14.3. The Kier molecular flexibility index (Phi) is 4.57. The van der Waals surface area contributed by atoms with Crippen molar-refractivity contribution in [2.45, 2.75) is 13.0 Å². The van der Waals surface area contributed by atoms with Gasteiger partial charge in [0.05, 0.1) is 0 Å². The van der Waals surface area contributed by atoms with Crippen molar-refractivity contribution in [3.05, 3.63) is 52.8 Å². The van der Waals surface area contributed by atoms with Crippen molar-refractivity contribution in [1.82, 2.24) is 4.98 Å².